The third-order valence-corrected chi connectivity index (χ3v) is 4.44. The van der Waals surface area contributed by atoms with Crippen molar-refractivity contribution in [2.45, 2.75) is 25.9 Å². The zero-order valence-corrected chi connectivity index (χ0v) is 15.8. The normalized spacial score (nSPS) is 26.2. The molecular weight excluding hydrogens is 356 g/mol. The molecule has 1 aromatic rings. The maximum atomic E-state index is 13.3. The highest BCUT2D eigenvalue weighted by atomic mass is 35.5. The van der Waals surface area contributed by atoms with E-state index in [0.29, 0.717) is 18.1 Å². The maximum Gasteiger partial charge on any atom is 0.164 e. The van der Waals surface area contributed by atoms with E-state index in [9.17, 15) is 4.39 Å². The molecule has 0 saturated carbocycles. The molecule has 7 heteroatoms. The molecule has 1 saturated heterocycles. The van der Waals surface area contributed by atoms with E-state index < -0.39 is 0 Å². The molecule has 0 unspecified atom stereocenters. The van der Waals surface area contributed by atoms with Crippen LogP contribution in [0.5, 0.6) is 11.5 Å². The number of nitrogens with zero attached hydrogens (tertiary/aromatic N) is 1. The van der Waals surface area contributed by atoms with Crippen LogP contribution in [0.15, 0.2) is 18.2 Å². The van der Waals surface area contributed by atoms with Crippen molar-refractivity contribution in [2.24, 2.45) is 5.41 Å². The van der Waals surface area contributed by atoms with Crippen LogP contribution < -0.4 is 9.47 Å². The highest BCUT2D eigenvalue weighted by molar-refractivity contribution is 5.85. The van der Waals surface area contributed by atoms with Crippen molar-refractivity contribution in [1.82, 2.24) is 4.90 Å². The van der Waals surface area contributed by atoms with Gasteiger partial charge in [-0.05, 0) is 31.5 Å². The first-order valence-electron chi connectivity index (χ1n) is 7.88. The molecule has 0 aliphatic carbocycles. The third kappa shape index (κ3) is 5.12. The fourth-order valence-electron chi connectivity index (χ4n) is 3.52. The summed E-state index contributed by atoms with van der Waals surface area (Å²) in [5.41, 5.74) is 0.201. The highest BCUT2D eigenvalue weighted by Gasteiger charge is 2.33. The van der Waals surface area contributed by atoms with Gasteiger partial charge >= 0.3 is 0 Å². The monoisotopic (exact) mass is 381 g/mol. The Bertz CT molecular complexity index is 531. The largest absolute Gasteiger partial charge is 0.486 e. The Kier molecular flexibility index (Phi) is 8.06. The van der Waals surface area contributed by atoms with E-state index >= 15 is 0 Å². The van der Waals surface area contributed by atoms with Crippen LogP contribution in [0.25, 0.3) is 0 Å². The number of halogens is 3. The maximum absolute atomic E-state index is 13.3. The minimum atomic E-state index is -0.298. The summed E-state index contributed by atoms with van der Waals surface area (Å²) in [5, 5.41) is 0. The Morgan fingerprint density at radius 3 is 2.88 bits per heavy atom. The van der Waals surface area contributed by atoms with E-state index in [-0.39, 0.29) is 42.2 Å². The summed E-state index contributed by atoms with van der Waals surface area (Å²) in [6, 6.07) is 4.41. The average Bonchev–Trinajstić information content (AvgIpc) is 2.47. The number of methoxy groups -OCH3 is 1. The van der Waals surface area contributed by atoms with Crippen molar-refractivity contribution < 1.29 is 18.6 Å². The van der Waals surface area contributed by atoms with Crippen LogP contribution in [-0.4, -0.2) is 51.0 Å². The molecule has 0 N–H and O–H groups in total. The number of ether oxygens (including phenoxy) is 3. The molecule has 0 radical (unpaired) electrons. The predicted molar refractivity (Wildman–Crippen MR) is 96.5 cm³/mol. The van der Waals surface area contributed by atoms with Crippen molar-refractivity contribution in [1.29, 1.82) is 0 Å². The molecule has 0 amide bonds. The number of hydrogen-bond acceptors (Lipinski definition) is 4. The lowest BCUT2D eigenvalue weighted by Crippen LogP contribution is -2.49. The van der Waals surface area contributed by atoms with E-state index in [2.05, 4.69) is 11.8 Å². The van der Waals surface area contributed by atoms with Gasteiger partial charge in [0.25, 0.3) is 0 Å². The standard InChI is InChI=1S/C17H24FNO3.2ClH/c1-17(12-20-2)6-3-7-19(11-17)9-14-10-21-15-5-4-13(18)8-16(15)22-14;;/h4-5,8,14H,3,6-7,9-12H2,1-2H3;2*1H/t14-,17-;;/m0../s1. The number of hydrogen-bond donors (Lipinski definition) is 0. The molecule has 1 fully saturated rings. The Morgan fingerprint density at radius 1 is 1.33 bits per heavy atom. The van der Waals surface area contributed by atoms with Crippen LogP contribution in [0.3, 0.4) is 0 Å². The molecule has 4 nitrogen and oxygen atoms in total. The van der Waals surface area contributed by atoms with Crippen LogP contribution in [0, 0.1) is 11.2 Å². The number of likely N-dealkylation sites (tertiary alicyclic amines) is 1. The van der Waals surface area contributed by atoms with Gasteiger partial charge < -0.3 is 14.2 Å². The Morgan fingerprint density at radius 2 is 2.12 bits per heavy atom. The third-order valence-electron chi connectivity index (χ3n) is 4.44. The van der Waals surface area contributed by atoms with Crippen LogP contribution in [0.4, 0.5) is 4.39 Å². The first kappa shape index (κ1) is 21.3. The fraction of sp³-hybridized carbons (Fsp3) is 0.647. The molecule has 0 spiro atoms. The van der Waals surface area contributed by atoms with Gasteiger partial charge in [0.2, 0.25) is 0 Å². The van der Waals surface area contributed by atoms with Crippen molar-refractivity contribution >= 4 is 24.8 Å². The van der Waals surface area contributed by atoms with Gasteiger partial charge in [0, 0.05) is 31.7 Å². The van der Waals surface area contributed by atoms with Crippen molar-refractivity contribution in [3.63, 3.8) is 0 Å². The van der Waals surface area contributed by atoms with E-state index in [1.54, 1.807) is 13.2 Å². The molecule has 138 valence electrons. The van der Waals surface area contributed by atoms with E-state index in [1.165, 1.54) is 25.0 Å². The van der Waals surface area contributed by atoms with Crippen LogP contribution in [0.2, 0.25) is 0 Å². The predicted octanol–water partition coefficient (Wildman–Crippen LogP) is 3.56. The summed E-state index contributed by atoms with van der Waals surface area (Å²) >= 11 is 0. The molecule has 2 aliphatic heterocycles. The zero-order valence-electron chi connectivity index (χ0n) is 14.1. The van der Waals surface area contributed by atoms with Gasteiger partial charge in [0.05, 0.1) is 6.61 Å². The van der Waals surface area contributed by atoms with Gasteiger partial charge in [0.15, 0.2) is 11.5 Å². The lowest BCUT2D eigenvalue weighted by Gasteiger charge is -2.41. The first-order valence-corrected chi connectivity index (χ1v) is 7.88. The minimum Gasteiger partial charge on any atom is -0.486 e. The molecule has 2 atom stereocenters. The SMILES string of the molecule is COC[C@@]1(C)CCCN(C[C@H]2COc3ccc(F)cc3O2)C1.Cl.Cl. The van der Waals surface area contributed by atoms with Gasteiger partial charge in [-0.15, -0.1) is 24.8 Å². The molecule has 2 heterocycles. The molecular formula is C17H26Cl2FNO3. The summed E-state index contributed by atoms with van der Waals surface area (Å²) in [7, 11) is 1.76. The zero-order chi connectivity index (χ0) is 15.6. The van der Waals surface area contributed by atoms with Crippen molar-refractivity contribution in [2.75, 3.05) is 40.0 Å². The first-order chi connectivity index (χ1) is 10.6. The Hall–Kier alpha value is -0.750. The van der Waals surface area contributed by atoms with Crippen molar-refractivity contribution in [3.8, 4) is 11.5 Å². The minimum absolute atomic E-state index is 0. The van der Waals surface area contributed by atoms with Gasteiger partial charge in [-0.1, -0.05) is 6.92 Å². The highest BCUT2D eigenvalue weighted by Crippen LogP contribution is 2.34. The smallest absolute Gasteiger partial charge is 0.164 e. The summed E-state index contributed by atoms with van der Waals surface area (Å²) in [6.45, 7) is 6.42. The Labute approximate surface area is 155 Å². The van der Waals surface area contributed by atoms with Gasteiger partial charge in [0.1, 0.15) is 18.5 Å². The second-order valence-electron chi connectivity index (χ2n) is 6.72. The lowest BCUT2D eigenvalue weighted by molar-refractivity contribution is -0.00240. The number of benzene rings is 1. The molecule has 0 bridgehead atoms. The summed E-state index contributed by atoms with van der Waals surface area (Å²) < 4.78 is 30.3. The summed E-state index contributed by atoms with van der Waals surface area (Å²) in [5.74, 6) is 0.835. The molecule has 0 aromatic heterocycles. The van der Waals surface area contributed by atoms with E-state index in [1.807, 2.05) is 0 Å². The summed E-state index contributed by atoms with van der Waals surface area (Å²) in [6.07, 6.45) is 2.30. The van der Waals surface area contributed by atoms with Gasteiger partial charge in [-0.2, -0.15) is 0 Å². The van der Waals surface area contributed by atoms with E-state index in [4.69, 9.17) is 14.2 Å². The van der Waals surface area contributed by atoms with Gasteiger partial charge in [-0.25, -0.2) is 4.39 Å². The van der Waals surface area contributed by atoms with Crippen molar-refractivity contribution in [3.05, 3.63) is 24.0 Å². The van der Waals surface area contributed by atoms with Crippen LogP contribution in [0.1, 0.15) is 19.8 Å². The lowest BCUT2D eigenvalue weighted by atomic mass is 9.82. The Balaban J connectivity index is 0.00000144. The van der Waals surface area contributed by atoms with E-state index in [0.717, 1.165) is 26.2 Å². The van der Waals surface area contributed by atoms with Gasteiger partial charge in [-0.3, -0.25) is 4.90 Å². The summed E-state index contributed by atoms with van der Waals surface area (Å²) in [4.78, 5) is 2.40. The molecule has 2 aliphatic rings. The molecule has 24 heavy (non-hydrogen) atoms. The van der Waals surface area contributed by atoms with Crippen LogP contribution in [-0.2, 0) is 4.74 Å². The quantitative estimate of drug-likeness (QED) is 0.797. The fourth-order valence-corrected chi connectivity index (χ4v) is 3.52. The topological polar surface area (TPSA) is 30.9 Å². The number of piperidine rings is 1. The number of fused-ring (bicyclic) bond motifs is 1. The average molecular weight is 382 g/mol. The second kappa shape index (κ2) is 9.09. The van der Waals surface area contributed by atoms with Crippen LogP contribution >= 0.6 is 24.8 Å². The molecule has 3 rings (SSSR count). The number of rotatable bonds is 4. The second-order valence-corrected chi connectivity index (χ2v) is 6.72. The molecule has 1 aromatic carbocycles.